The first-order valence-corrected chi connectivity index (χ1v) is 7.72. The van der Waals surface area contributed by atoms with E-state index in [2.05, 4.69) is 54.8 Å². The number of rotatable bonds is 3. The molecule has 0 unspecified atom stereocenters. The molecule has 0 saturated carbocycles. The molecule has 1 saturated heterocycles. The van der Waals surface area contributed by atoms with E-state index in [0.29, 0.717) is 11.3 Å². The summed E-state index contributed by atoms with van der Waals surface area (Å²) in [4.78, 5) is 2.57. The van der Waals surface area contributed by atoms with Crippen LogP contribution in [0, 0.1) is 0 Å². The lowest BCUT2D eigenvalue weighted by Gasteiger charge is -2.22. The van der Waals surface area contributed by atoms with Gasteiger partial charge in [-0.3, -0.25) is 4.90 Å². The van der Waals surface area contributed by atoms with Crippen LogP contribution in [0.5, 0.6) is 0 Å². The third kappa shape index (κ3) is 4.01. The second kappa shape index (κ2) is 6.09. The number of nitrogens with two attached hydrogens (primary N) is 1. The Morgan fingerprint density at radius 3 is 2.83 bits per heavy atom. The molecule has 0 amide bonds. The van der Waals surface area contributed by atoms with Crippen molar-refractivity contribution in [3.05, 3.63) is 35.4 Å². The Balaban J connectivity index is 1.96. The normalized spacial score (nSPS) is 20.6. The largest absolute Gasteiger partial charge is 0.326 e. The summed E-state index contributed by atoms with van der Waals surface area (Å²) in [6.07, 6.45) is 1.27. The van der Waals surface area contributed by atoms with Gasteiger partial charge in [0.25, 0.3) is 0 Å². The zero-order valence-corrected chi connectivity index (χ0v) is 12.3. The summed E-state index contributed by atoms with van der Waals surface area (Å²) in [5.41, 5.74) is 8.32. The van der Waals surface area contributed by atoms with Crippen molar-refractivity contribution >= 4 is 11.8 Å². The van der Waals surface area contributed by atoms with Gasteiger partial charge in [-0.15, -0.1) is 0 Å². The van der Waals surface area contributed by atoms with Gasteiger partial charge in [-0.1, -0.05) is 38.1 Å². The summed E-state index contributed by atoms with van der Waals surface area (Å²) in [6, 6.07) is 8.67. The van der Waals surface area contributed by atoms with Crippen molar-refractivity contribution in [2.45, 2.75) is 38.1 Å². The maximum Gasteiger partial charge on any atom is 0.0234 e. The van der Waals surface area contributed by atoms with Crippen molar-refractivity contribution in [3.8, 4) is 0 Å². The van der Waals surface area contributed by atoms with Crippen LogP contribution in [0.4, 0.5) is 0 Å². The second-order valence-corrected chi connectivity index (χ2v) is 7.46. The van der Waals surface area contributed by atoms with Crippen LogP contribution in [0.25, 0.3) is 0 Å². The van der Waals surface area contributed by atoms with Crippen LogP contribution in [0.3, 0.4) is 0 Å². The minimum atomic E-state index is 0.438. The molecular weight excluding hydrogens is 240 g/mol. The molecule has 100 valence electrons. The number of nitrogens with zero attached hydrogens (tertiary/aromatic N) is 1. The lowest BCUT2D eigenvalue weighted by atomic mass is 10.1. The minimum absolute atomic E-state index is 0.438. The van der Waals surface area contributed by atoms with Crippen LogP contribution in [-0.4, -0.2) is 28.5 Å². The molecule has 1 aliphatic heterocycles. The molecule has 0 bridgehead atoms. The van der Waals surface area contributed by atoms with E-state index in [1.54, 1.807) is 0 Å². The Labute approximate surface area is 115 Å². The standard InChI is InChI=1S/C15H24N2S/c1-15(2)6-7-17(8-9-18-15)12-14-5-3-4-13(10-14)11-16/h3-5,10H,6-9,11-12,16H2,1-2H3. The topological polar surface area (TPSA) is 29.3 Å². The van der Waals surface area contributed by atoms with Crippen LogP contribution < -0.4 is 5.73 Å². The summed E-state index contributed by atoms with van der Waals surface area (Å²) in [7, 11) is 0. The summed E-state index contributed by atoms with van der Waals surface area (Å²) < 4.78 is 0.438. The Kier molecular flexibility index (Phi) is 4.71. The van der Waals surface area contributed by atoms with E-state index in [0.717, 1.165) is 6.54 Å². The highest BCUT2D eigenvalue weighted by Gasteiger charge is 2.23. The molecular formula is C15H24N2S. The monoisotopic (exact) mass is 264 g/mol. The lowest BCUT2D eigenvalue weighted by molar-refractivity contribution is 0.276. The van der Waals surface area contributed by atoms with Crippen molar-refractivity contribution in [2.24, 2.45) is 5.73 Å². The van der Waals surface area contributed by atoms with E-state index in [1.807, 2.05) is 0 Å². The fourth-order valence-corrected chi connectivity index (χ4v) is 3.47. The molecule has 2 nitrogen and oxygen atoms in total. The van der Waals surface area contributed by atoms with E-state index >= 15 is 0 Å². The average molecular weight is 264 g/mol. The Morgan fingerprint density at radius 1 is 1.28 bits per heavy atom. The molecule has 1 aromatic rings. The first-order chi connectivity index (χ1) is 8.59. The van der Waals surface area contributed by atoms with Gasteiger partial charge in [-0.05, 0) is 24.1 Å². The number of thioether (sulfide) groups is 1. The zero-order valence-electron chi connectivity index (χ0n) is 11.5. The number of hydrogen-bond donors (Lipinski definition) is 1. The Hall–Kier alpha value is -0.510. The van der Waals surface area contributed by atoms with Crippen molar-refractivity contribution in [2.75, 3.05) is 18.8 Å². The first kappa shape index (κ1) is 13.9. The summed E-state index contributed by atoms with van der Waals surface area (Å²) in [5, 5.41) is 0. The van der Waals surface area contributed by atoms with Crippen LogP contribution >= 0.6 is 11.8 Å². The van der Waals surface area contributed by atoms with Gasteiger partial charge in [-0.25, -0.2) is 0 Å². The minimum Gasteiger partial charge on any atom is -0.326 e. The predicted molar refractivity (Wildman–Crippen MR) is 80.8 cm³/mol. The fraction of sp³-hybridized carbons (Fsp3) is 0.600. The van der Waals surface area contributed by atoms with Gasteiger partial charge >= 0.3 is 0 Å². The third-order valence-corrected chi connectivity index (χ3v) is 4.94. The molecule has 1 aromatic carbocycles. The molecule has 0 atom stereocenters. The maximum absolute atomic E-state index is 5.70. The molecule has 2 N–H and O–H groups in total. The quantitative estimate of drug-likeness (QED) is 0.910. The first-order valence-electron chi connectivity index (χ1n) is 6.73. The molecule has 1 heterocycles. The third-order valence-electron chi connectivity index (χ3n) is 3.56. The van der Waals surface area contributed by atoms with E-state index in [4.69, 9.17) is 5.73 Å². The summed E-state index contributed by atoms with van der Waals surface area (Å²) in [5.74, 6) is 1.24. The highest BCUT2D eigenvalue weighted by atomic mass is 32.2. The molecule has 0 radical (unpaired) electrons. The smallest absolute Gasteiger partial charge is 0.0234 e. The molecule has 0 aromatic heterocycles. The average Bonchev–Trinajstić information content (AvgIpc) is 2.51. The fourth-order valence-electron chi connectivity index (χ4n) is 2.33. The van der Waals surface area contributed by atoms with Crippen molar-refractivity contribution in [3.63, 3.8) is 0 Å². The molecule has 0 aliphatic carbocycles. The van der Waals surface area contributed by atoms with Gasteiger partial charge in [0.2, 0.25) is 0 Å². The molecule has 3 heteroatoms. The van der Waals surface area contributed by atoms with Gasteiger partial charge in [0.1, 0.15) is 0 Å². The Morgan fingerprint density at radius 2 is 2.06 bits per heavy atom. The molecule has 0 spiro atoms. The zero-order chi connectivity index (χ0) is 13.0. The van der Waals surface area contributed by atoms with Crippen molar-refractivity contribution in [1.29, 1.82) is 0 Å². The highest BCUT2D eigenvalue weighted by molar-refractivity contribution is 8.00. The molecule has 2 rings (SSSR count). The van der Waals surface area contributed by atoms with Gasteiger partial charge < -0.3 is 5.73 Å². The summed E-state index contributed by atoms with van der Waals surface area (Å²) in [6.45, 7) is 8.81. The van der Waals surface area contributed by atoms with Gasteiger partial charge in [0.05, 0.1) is 0 Å². The van der Waals surface area contributed by atoms with Gasteiger partial charge in [0.15, 0.2) is 0 Å². The second-order valence-electron chi connectivity index (χ2n) is 5.66. The molecule has 18 heavy (non-hydrogen) atoms. The maximum atomic E-state index is 5.70. The van der Waals surface area contributed by atoms with Crippen molar-refractivity contribution < 1.29 is 0 Å². The molecule has 1 fully saturated rings. The number of benzene rings is 1. The van der Waals surface area contributed by atoms with Gasteiger partial charge in [0, 0.05) is 30.1 Å². The predicted octanol–water partition coefficient (Wildman–Crippen LogP) is 2.86. The van der Waals surface area contributed by atoms with E-state index < -0.39 is 0 Å². The lowest BCUT2D eigenvalue weighted by Crippen LogP contribution is -2.26. The molecule has 1 aliphatic rings. The van der Waals surface area contributed by atoms with Crippen LogP contribution in [-0.2, 0) is 13.1 Å². The SMILES string of the molecule is CC1(C)CCN(Cc2cccc(CN)c2)CCS1. The van der Waals surface area contributed by atoms with E-state index in [1.165, 1.54) is 36.4 Å². The van der Waals surface area contributed by atoms with E-state index in [-0.39, 0.29) is 0 Å². The number of hydrogen-bond acceptors (Lipinski definition) is 3. The van der Waals surface area contributed by atoms with Crippen LogP contribution in [0.2, 0.25) is 0 Å². The van der Waals surface area contributed by atoms with Crippen LogP contribution in [0.15, 0.2) is 24.3 Å². The summed E-state index contributed by atoms with van der Waals surface area (Å²) >= 11 is 2.10. The van der Waals surface area contributed by atoms with Gasteiger partial charge in [-0.2, -0.15) is 11.8 Å². The van der Waals surface area contributed by atoms with Crippen molar-refractivity contribution in [1.82, 2.24) is 4.90 Å². The van der Waals surface area contributed by atoms with E-state index in [9.17, 15) is 0 Å². The highest BCUT2D eigenvalue weighted by Crippen LogP contribution is 2.31. The Bertz CT molecular complexity index is 390. The van der Waals surface area contributed by atoms with Crippen LogP contribution in [0.1, 0.15) is 31.4 Å².